The minimum Gasteiger partial charge on any atom is -0.467 e. The summed E-state index contributed by atoms with van der Waals surface area (Å²) in [7, 11) is 1.16. The van der Waals surface area contributed by atoms with Crippen molar-refractivity contribution in [3.63, 3.8) is 0 Å². The third-order valence-electron chi connectivity index (χ3n) is 2.65. The van der Waals surface area contributed by atoms with Crippen LogP contribution in [0.15, 0.2) is 24.4 Å². The van der Waals surface area contributed by atoms with Crippen LogP contribution in [-0.4, -0.2) is 23.4 Å². The van der Waals surface area contributed by atoms with Gasteiger partial charge in [-0.3, -0.25) is 4.79 Å². The second-order valence-corrected chi connectivity index (χ2v) is 4.40. The zero-order valence-electron chi connectivity index (χ0n) is 10.6. The molecule has 0 atom stereocenters. The fourth-order valence-electron chi connectivity index (χ4n) is 1.75. The Morgan fingerprint density at radius 1 is 1.29 bits per heavy atom. The first-order valence-electron chi connectivity index (χ1n) is 5.60. The first-order valence-corrected chi connectivity index (χ1v) is 5.98. The molecule has 2 aromatic rings. The quantitative estimate of drug-likeness (QED) is 0.811. The lowest BCUT2D eigenvalue weighted by atomic mass is 10.00. The van der Waals surface area contributed by atoms with E-state index in [0.717, 1.165) is 13.3 Å². The standard InChI is InChI=1S/C13H8ClF3N2O2/c1-21-12-18-5-10(11(19-12)13(15,16)17)9-3-2-8(14)4-7(9)6-20/h2-6H,1H3. The van der Waals surface area contributed by atoms with Crippen LogP contribution in [0.5, 0.6) is 6.01 Å². The van der Waals surface area contributed by atoms with E-state index in [1.54, 1.807) is 0 Å². The van der Waals surface area contributed by atoms with E-state index in [0.29, 0.717) is 6.29 Å². The molecule has 0 fully saturated rings. The second-order valence-electron chi connectivity index (χ2n) is 3.97. The van der Waals surface area contributed by atoms with Crippen LogP contribution in [0.1, 0.15) is 16.1 Å². The number of hydrogen-bond donors (Lipinski definition) is 0. The second kappa shape index (κ2) is 5.69. The number of carbonyl (C=O) groups is 1. The van der Waals surface area contributed by atoms with Crippen LogP contribution in [-0.2, 0) is 6.18 Å². The highest BCUT2D eigenvalue weighted by Crippen LogP contribution is 2.37. The zero-order chi connectivity index (χ0) is 15.6. The summed E-state index contributed by atoms with van der Waals surface area (Å²) in [5.74, 6) is 0. The minimum absolute atomic E-state index is 0.0155. The van der Waals surface area contributed by atoms with Gasteiger partial charge in [0.1, 0.15) is 0 Å². The molecule has 0 spiro atoms. The largest absolute Gasteiger partial charge is 0.467 e. The van der Waals surface area contributed by atoms with E-state index in [2.05, 4.69) is 14.7 Å². The van der Waals surface area contributed by atoms with Crippen molar-refractivity contribution in [3.05, 3.63) is 40.7 Å². The maximum absolute atomic E-state index is 13.1. The lowest BCUT2D eigenvalue weighted by Crippen LogP contribution is -2.12. The fraction of sp³-hybridized carbons (Fsp3) is 0.154. The predicted molar refractivity (Wildman–Crippen MR) is 69.4 cm³/mol. The van der Waals surface area contributed by atoms with E-state index in [1.165, 1.54) is 18.2 Å². The van der Waals surface area contributed by atoms with Gasteiger partial charge in [-0.05, 0) is 17.7 Å². The molecule has 2 rings (SSSR count). The van der Waals surface area contributed by atoms with Crippen LogP contribution in [0.2, 0.25) is 5.02 Å². The molecule has 0 N–H and O–H groups in total. The van der Waals surface area contributed by atoms with Gasteiger partial charge in [0.2, 0.25) is 0 Å². The number of aldehydes is 1. The van der Waals surface area contributed by atoms with Gasteiger partial charge < -0.3 is 4.74 Å². The van der Waals surface area contributed by atoms with Gasteiger partial charge in [0.25, 0.3) is 0 Å². The lowest BCUT2D eigenvalue weighted by Gasteiger charge is -2.13. The molecule has 0 aliphatic carbocycles. The molecule has 0 saturated heterocycles. The monoisotopic (exact) mass is 316 g/mol. The third-order valence-corrected chi connectivity index (χ3v) is 2.88. The van der Waals surface area contributed by atoms with E-state index in [1.807, 2.05) is 0 Å². The van der Waals surface area contributed by atoms with Gasteiger partial charge in [-0.25, -0.2) is 4.98 Å². The molecule has 1 aromatic heterocycles. The number of carbonyl (C=O) groups excluding carboxylic acids is 1. The summed E-state index contributed by atoms with van der Waals surface area (Å²) < 4.78 is 43.9. The van der Waals surface area contributed by atoms with Crippen molar-refractivity contribution in [3.8, 4) is 17.1 Å². The number of rotatable bonds is 3. The van der Waals surface area contributed by atoms with E-state index in [-0.39, 0.29) is 21.7 Å². The van der Waals surface area contributed by atoms with Crippen molar-refractivity contribution in [2.75, 3.05) is 7.11 Å². The smallest absolute Gasteiger partial charge is 0.434 e. The SMILES string of the molecule is COc1ncc(-c2ccc(Cl)cc2C=O)c(C(F)(F)F)n1. The third kappa shape index (κ3) is 3.13. The topological polar surface area (TPSA) is 52.1 Å². The number of benzene rings is 1. The average molecular weight is 317 g/mol. The summed E-state index contributed by atoms with van der Waals surface area (Å²) >= 11 is 5.73. The van der Waals surface area contributed by atoms with Gasteiger partial charge >= 0.3 is 12.2 Å². The van der Waals surface area contributed by atoms with E-state index in [9.17, 15) is 18.0 Å². The van der Waals surface area contributed by atoms with Crippen LogP contribution in [0.25, 0.3) is 11.1 Å². The molecule has 0 bridgehead atoms. The maximum atomic E-state index is 13.1. The van der Waals surface area contributed by atoms with Gasteiger partial charge in [-0.15, -0.1) is 0 Å². The number of nitrogens with zero attached hydrogens (tertiary/aromatic N) is 2. The first kappa shape index (κ1) is 15.2. The van der Waals surface area contributed by atoms with E-state index < -0.39 is 17.9 Å². The summed E-state index contributed by atoms with van der Waals surface area (Å²) in [5, 5.41) is 0.240. The molecule has 1 aromatic carbocycles. The molecule has 0 aliphatic heterocycles. The molecular weight excluding hydrogens is 309 g/mol. The van der Waals surface area contributed by atoms with Crippen LogP contribution < -0.4 is 4.74 Å². The number of halogens is 4. The van der Waals surface area contributed by atoms with Crippen LogP contribution in [0, 0.1) is 0 Å². The summed E-state index contributed by atoms with van der Waals surface area (Å²) in [5.41, 5.74) is -1.44. The maximum Gasteiger partial charge on any atom is 0.434 e. The van der Waals surface area contributed by atoms with Gasteiger partial charge in [0.05, 0.1) is 7.11 Å². The number of methoxy groups -OCH3 is 1. The zero-order valence-corrected chi connectivity index (χ0v) is 11.4. The summed E-state index contributed by atoms with van der Waals surface area (Å²) in [4.78, 5) is 18.0. The van der Waals surface area contributed by atoms with Gasteiger partial charge in [-0.1, -0.05) is 17.7 Å². The Balaban J connectivity index is 2.72. The van der Waals surface area contributed by atoms with Gasteiger partial charge in [-0.2, -0.15) is 18.2 Å². The first-order chi connectivity index (χ1) is 9.86. The summed E-state index contributed by atoms with van der Waals surface area (Å²) in [6.07, 6.45) is -3.33. The van der Waals surface area contributed by atoms with Crippen LogP contribution in [0.3, 0.4) is 0 Å². The molecule has 0 amide bonds. The Hall–Kier alpha value is -2.15. The predicted octanol–water partition coefficient (Wildman–Crippen LogP) is 3.64. The Labute approximate surface area is 122 Å². The van der Waals surface area contributed by atoms with Crippen molar-refractivity contribution in [2.24, 2.45) is 0 Å². The molecule has 0 radical (unpaired) electrons. The van der Waals surface area contributed by atoms with E-state index >= 15 is 0 Å². The molecular formula is C13H8ClF3N2O2. The van der Waals surface area contributed by atoms with Crippen molar-refractivity contribution < 1.29 is 22.7 Å². The number of hydrogen-bond acceptors (Lipinski definition) is 4. The van der Waals surface area contributed by atoms with Crippen molar-refractivity contribution in [1.82, 2.24) is 9.97 Å². The summed E-state index contributed by atoms with van der Waals surface area (Å²) in [6, 6.07) is 3.56. The highest BCUT2D eigenvalue weighted by atomic mass is 35.5. The molecule has 21 heavy (non-hydrogen) atoms. The normalized spacial score (nSPS) is 11.3. The van der Waals surface area contributed by atoms with Crippen LogP contribution in [0.4, 0.5) is 13.2 Å². The fourth-order valence-corrected chi connectivity index (χ4v) is 1.93. The number of ether oxygens (including phenoxy) is 1. The van der Waals surface area contributed by atoms with E-state index in [4.69, 9.17) is 11.6 Å². The van der Waals surface area contributed by atoms with Crippen LogP contribution >= 0.6 is 11.6 Å². The molecule has 0 aliphatic rings. The molecule has 1 heterocycles. The Morgan fingerprint density at radius 3 is 2.57 bits per heavy atom. The van der Waals surface area contributed by atoms with Gasteiger partial charge in [0, 0.05) is 22.3 Å². The molecule has 8 heteroatoms. The van der Waals surface area contributed by atoms with Crippen molar-refractivity contribution >= 4 is 17.9 Å². The lowest BCUT2D eigenvalue weighted by molar-refractivity contribution is -0.140. The Morgan fingerprint density at radius 2 is 2.00 bits per heavy atom. The summed E-state index contributed by atoms with van der Waals surface area (Å²) in [6.45, 7) is 0. The highest BCUT2D eigenvalue weighted by Gasteiger charge is 2.37. The minimum atomic E-state index is -4.72. The van der Waals surface area contributed by atoms with Gasteiger partial charge in [0.15, 0.2) is 12.0 Å². The molecule has 110 valence electrons. The highest BCUT2D eigenvalue weighted by molar-refractivity contribution is 6.31. The molecule has 4 nitrogen and oxygen atoms in total. The van der Waals surface area contributed by atoms with Crippen molar-refractivity contribution in [2.45, 2.75) is 6.18 Å². The molecule has 0 saturated carbocycles. The Bertz CT molecular complexity index is 690. The number of aromatic nitrogens is 2. The number of alkyl halides is 3. The Kier molecular flexibility index (Phi) is 4.13. The molecule has 0 unspecified atom stereocenters. The average Bonchev–Trinajstić information content (AvgIpc) is 2.45. The van der Waals surface area contributed by atoms with Crippen molar-refractivity contribution in [1.29, 1.82) is 0 Å².